The number of fused-ring (bicyclic) bond motifs is 1. The molecule has 1 aromatic carbocycles. The van der Waals surface area contributed by atoms with E-state index in [0.29, 0.717) is 19.0 Å². The molecule has 3 aromatic rings. The Morgan fingerprint density at radius 2 is 1.81 bits per heavy atom. The van der Waals surface area contributed by atoms with E-state index >= 15 is 0 Å². The van der Waals surface area contributed by atoms with Crippen LogP contribution in [0, 0.1) is 5.92 Å². The lowest BCUT2D eigenvalue weighted by Gasteiger charge is -2.40. The number of rotatable bonds is 5. The lowest BCUT2D eigenvalue weighted by Crippen LogP contribution is -2.50. The van der Waals surface area contributed by atoms with E-state index in [1.165, 1.54) is 7.11 Å². The Hall–Kier alpha value is -3.49. The Bertz CT molecular complexity index is 1360. The van der Waals surface area contributed by atoms with E-state index in [4.69, 9.17) is 24.5 Å². The molecule has 1 saturated heterocycles. The largest absolute Gasteiger partial charge is 0.469 e. The van der Waals surface area contributed by atoms with Crippen LogP contribution in [0.5, 0.6) is 0 Å². The molecule has 3 aliphatic rings. The average Bonchev–Trinajstić information content (AvgIpc) is 3.54. The fourth-order valence-electron chi connectivity index (χ4n) is 5.19. The van der Waals surface area contributed by atoms with Gasteiger partial charge in [-0.05, 0) is 64.2 Å². The van der Waals surface area contributed by atoms with Crippen molar-refractivity contribution in [3.8, 4) is 11.3 Å². The van der Waals surface area contributed by atoms with Crippen molar-refractivity contribution < 1.29 is 19.1 Å². The van der Waals surface area contributed by atoms with Crippen LogP contribution < -0.4 is 0 Å². The standard InChI is InChI=1S/C28H33N5O4/c1-28(2,3)37-27(35)32-13-19(14-32)17-7-8-22-23(11-17)30-24(12-29-22)21-15-33(31-25(21)16-5-6-16)20-9-18(10-20)26(34)36-4/h7-8,11-12,15-16,18-20H,5-6,9-10,13-14H2,1-4H3/t18-,20-. The molecular weight excluding hydrogens is 470 g/mol. The third-order valence-corrected chi connectivity index (χ3v) is 7.59. The second-order valence-corrected chi connectivity index (χ2v) is 11.6. The maximum absolute atomic E-state index is 12.3. The number of ether oxygens (including phenoxy) is 2. The minimum absolute atomic E-state index is 0.0383. The summed E-state index contributed by atoms with van der Waals surface area (Å²) in [5.74, 6) is 0.547. The summed E-state index contributed by atoms with van der Waals surface area (Å²) in [5, 5.41) is 4.94. The lowest BCUT2D eigenvalue weighted by atomic mass is 9.80. The van der Waals surface area contributed by atoms with Crippen molar-refractivity contribution in [1.29, 1.82) is 0 Å². The first-order valence-corrected chi connectivity index (χ1v) is 13.1. The Balaban J connectivity index is 1.21. The van der Waals surface area contributed by atoms with Crippen LogP contribution >= 0.6 is 0 Å². The van der Waals surface area contributed by atoms with Gasteiger partial charge in [-0.25, -0.2) is 9.78 Å². The molecule has 3 heterocycles. The number of esters is 1. The van der Waals surface area contributed by atoms with Crippen LogP contribution in [0.1, 0.15) is 75.6 Å². The van der Waals surface area contributed by atoms with E-state index in [9.17, 15) is 9.59 Å². The van der Waals surface area contributed by atoms with Crippen molar-refractivity contribution in [2.45, 2.75) is 69.9 Å². The fourth-order valence-corrected chi connectivity index (χ4v) is 5.19. The molecule has 0 spiro atoms. The molecule has 0 radical (unpaired) electrons. The number of benzene rings is 1. The second kappa shape index (κ2) is 8.82. The van der Waals surface area contributed by atoms with Gasteiger partial charge in [-0.15, -0.1) is 0 Å². The third kappa shape index (κ3) is 4.67. The highest BCUT2D eigenvalue weighted by atomic mass is 16.6. The molecule has 0 bridgehead atoms. The second-order valence-electron chi connectivity index (χ2n) is 11.6. The minimum atomic E-state index is -0.494. The highest BCUT2D eigenvalue weighted by molar-refractivity contribution is 5.79. The average molecular weight is 504 g/mol. The highest BCUT2D eigenvalue weighted by Crippen LogP contribution is 2.45. The number of aromatic nitrogens is 4. The summed E-state index contributed by atoms with van der Waals surface area (Å²) in [5.41, 5.74) is 5.28. The normalized spacial score (nSPS) is 21.9. The highest BCUT2D eigenvalue weighted by Gasteiger charge is 2.39. The predicted molar refractivity (Wildman–Crippen MR) is 137 cm³/mol. The van der Waals surface area contributed by atoms with E-state index in [0.717, 1.165) is 59.2 Å². The first-order valence-electron chi connectivity index (χ1n) is 13.1. The van der Waals surface area contributed by atoms with Crippen molar-refractivity contribution in [2.75, 3.05) is 20.2 Å². The molecule has 9 heteroatoms. The Morgan fingerprint density at radius 1 is 1.05 bits per heavy atom. The molecular formula is C28H33N5O4. The summed E-state index contributed by atoms with van der Waals surface area (Å²) in [6.07, 6.45) is 7.44. The number of hydrogen-bond donors (Lipinski definition) is 0. The van der Waals surface area contributed by atoms with Gasteiger partial charge in [-0.1, -0.05) is 6.07 Å². The molecule has 2 aliphatic carbocycles. The van der Waals surface area contributed by atoms with Gasteiger partial charge in [0.15, 0.2) is 0 Å². The molecule has 3 fully saturated rings. The Morgan fingerprint density at radius 3 is 2.49 bits per heavy atom. The van der Waals surface area contributed by atoms with Gasteiger partial charge in [0.05, 0.1) is 47.7 Å². The van der Waals surface area contributed by atoms with Crippen LogP contribution in [-0.2, 0) is 14.3 Å². The van der Waals surface area contributed by atoms with Crippen LogP contribution in [0.3, 0.4) is 0 Å². The van der Waals surface area contributed by atoms with E-state index in [1.54, 1.807) is 4.90 Å². The number of hydrogen-bond acceptors (Lipinski definition) is 7. The van der Waals surface area contributed by atoms with Crippen molar-refractivity contribution in [3.63, 3.8) is 0 Å². The smallest absolute Gasteiger partial charge is 0.410 e. The molecule has 194 valence electrons. The lowest BCUT2D eigenvalue weighted by molar-refractivity contribution is -0.149. The van der Waals surface area contributed by atoms with Gasteiger partial charge in [0, 0.05) is 36.7 Å². The van der Waals surface area contributed by atoms with E-state index in [-0.39, 0.29) is 29.9 Å². The number of nitrogens with zero attached hydrogens (tertiary/aromatic N) is 5. The summed E-state index contributed by atoms with van der Waals surface area (Å²) >= 11 is 0. The monoisotopic (exact) mass is 503 g/mol. The van der Waals surface area contributed by atoms with Gasteiger partial charge in [0.2, 0.25) is 0 Å². The zero-order valence-corrected chi connectivity index (χ0v) is 21.8. The SMILES string of the molecule is COC(=O)[C@H]1C[C@H](n2cc(-c3cnc4ccc(C5CN(C(=O)OC(C)(C)C)C5)cc4n3)c(C3CC3)n2)C1. The molecule has 9 nitrogen and oxygen atoms in total. The van der Waals surface area contributed by atoms with Crippen LogP contribution in [0.25, 0.3) is 22.3 Å². The molecule has 37 heavy (non-hydrogen) atoms. The minimum Gasteiger partial charge on any atom is -0.469 e. The van der Waals surface area contributed by atoms with E-state index < -0.39 is 5.60 Å². The van der Waals surface area contributed by atoms with Gasteiger partial charge >= 0.3 is 12.1 Å². The van der Waals surface area contributed by atoms with Crippen LogP contribution in [0.15, 0.2) is 30.6 Å². The van der Waals surface area contributed by atoms with Gasteiger partial charge < -0.3 is 14.4 Å². The number of amides is 1. The zero-order chi connectivity index (χ0) is 25.9. The molecule has 0 unspecified atom stereocenters. The van der Waals surface area contributed by atoms with Crippen LogP contribution in [0.2, 0.25) is 0 Å². The maximum atomic E-state index is 12.3. The van der Waals surface area contributed by atoms with Gasteiger partial charge in [0.1, 0.15) is 5.60 Å². The van der Waals surface area contributed by atoms with Crippen molar-refractivity contribution in [1.82, 2.24) is 24.6 Å². The molecule has 0 N–H and O–H groups in total. The Kier molecular flexibility index (Phi) is 5.69. The quantitative estimate of drug-likeness (QED) is 0.460. The van der Waals surface area contributed by atoms with Crippen LogP contribution in [-0.4, -0.2) is 62.5 Å². The van der Waals surface area contributed by atoms with E-state index in [2.05, 4.69) is 18.3 Å². The molecule has 0 atom stereocenters. The molecule has 1 aliphatic heterocycles. The zero-order valence-electron chi connectivity index (χ0n) is 21.8. The third-order valence-electron chi connectivity index (χ3n) is 7.59. The van der Waals surface area contributed by atoms with Gasteiger partial charge in [0.25, 0.3) is 0 Å². The van der Waals surface area contributed by atoms with Gasteiger partial charge in [-0.2, -0.15) is 5.10 Å². The van der Waals surface area contributed by atoms with Crippen LogP contribution in [0.4, 0.5) is 4.79 Å². The van der Waals surface area contributed by atoms with Crippen molar-refractivity contribution in [2.24, 2.45) is 5.92 Å². The molecule has 1 amide bonds. The number of likely N-dealkylation sites (tertiary alicyclic amines) is 1. The predicted octanol–water partition coefficient (Wildman–Crippen LogP) is 4.83. The molecule has 2 saturated carbocycles. The van der Waals surface area contributed by atoms with E-state index in [1.807, 2.05) is 37.7 Å². The maximum Gasteiger partial charge on any atom is 0.410 e. The van der Waals surface area contributed by atoms with Gasteiger partial charge in [-0.3, -0.25) is 14.5 Å². The topological polar surface area (TPSA) is 99.4 Å². The summed E-state index contributed by atoms with van der Waals surface area (Å²) < 4.78 is 12.4. The number of carbonyl (C=O) groups is 2. The number of methoxy groups -OCH3 is 1. The summed E-state index contributed by atoms with van der Waals surface area (Å²) in [6.45, 7) is 6.92. The van der Waals surface area contributed by atoms with Crippen molar-refractivity contribution >= 4 is 23.1 Å². The summed E-state index contributed by atoms with van der Waals surface area (Å²) in [7, 11) is 1.44. The first-order chi connectivity index (χ1) is 17.7. The van der Waals surface area contributed by atoms with Crippen molar-refractivity contribution in [3.05, 3.63) is 41.9 Å². The number of carbonyl (C=O) groups excluding carboxylic acids is 2. The molecule has 2 aromatic heterocycles. The molecule has 6 rings (SSSR count). The summed E-state index contributed by atoms with van der Waals surface area (Å²) in [6, 6.07) is 6.39. The summed E-state index contributed by atoms with van der Waals surface area (Å²) in [4.78, 5) is 35.6. The first kappa shape index (κ1) is 23.9. The fraction of sp³-hybridized carbons (Fsp3) is 0.536. The Labute approximate surface area is 216 Å².